The van der Waals surface area contributed by atoms with Crippen LogP contribution in [0.4, 0.5) is 0 Å². The van der Waals surface area contributed by atoms with Crippen molar-refractivity contribution in [3.8, 4) is 5.75 Å². The lowest BCUT2D eigenvalue weighted by Gasteiger charge is -2.28. The van der Waals surface area contributed by atoms with Gasteiger partial charge in [-0.3, -0.25) is 4.79 Å². The van der Waals surface area contributed by atoms with Crippen molar-refractivity contribution in [1.82, 2.24) is 10.2 Å². The van der Waals surface area contributed by atoms with Crippen molar-refractivity contribution >= 4 is 5.91 Å². The average Bonchev–Trinajstić information content (AvgIpc) is 2.54. The van der Waals surface area contributed by atoms with Gasteiger partial charge in [0.1, 0.15) is 18.5 Å². The summed E-state index contributed by atoms with van der Waals surface area (Å²) in [6, 6.07) is 5.53. The summed E-state index contributed by atoms with van der Waals surface area (Å²) in [5.41, 5.74) is 1.64. The van der Waals surface area contributed by atoms with Crippen LogP contribution >= 0.6 is 0 Å². The summed E-state index contributed by atoms with van der Waals surface area (Å²) in [7, 11) is 0. The SMILES string of the molecule is O=C1NCCc2c(OC[C@H](O)CN3CCCCC3)cccc21. The van der Waals surface area contributed by atoms with Gasteiger partial charge in [0.05, 0.1) is 0 Å². The summed E-state index contributed by atoms with van der Waals surface area (Å²) in [6.07, 6.45) is 4.01. The molecule has 2 aliphatic heterocycles. The summed E-state index contributed by atoms with van der Waals surface area (Å²) in [5.74, 6) is 0.686. The van der Waals surface area contributed by atoms with E-state index in [4.69, 9.17) is 4.74 Å². The third kappa shape index (κ3) is 3.59. The number of piperidine rings is 1. The Morgan fingerprint density at radius 3 is 2.91 bits per heavy atom. The Bertz CT molecular complexity index is 527. The Balaban J connectivity index is 1.57. The van der Waals surface area contributed by atoms with E-state index in [0.29, 0.717) is 18.7 Å². The largest absolute Gasteiger partial charge is 0.491 e. The van der Waals surface area contributed by atoms with Gasteiger partial charge >= 0.3 is 0 Å². The fourth-order valence-corrected chi connectivity index (χ4v) is 3.25. The summed E-state index contributed by atoms with van der Waals surface area (Å²) < 4.78 is 5.80. The molecule has 3 rings (SSSR count). The van der Waals surface area contributed by atoms with Crippen LogP contribution in [0.1, 0.15) is 35.2 Å². The number of hydrogen-bond donors (Lipinski definition) is 2. The third-order valence-electron chi connectivity index (χ3n) is 4.39. The molecule has 0 radical (unpaired) electrons. The summed E-state index contributed by atoms with van der Waals surface area (Å²) in [5, 5.41) is 13.0. The van der Waals surface area contributed by atoms with Gasteiger partial charge in [0.2, 0.25) is 0 Å². The molecule has 120 valence electrons. The first-order valence-electron chi connectivity index (χ1n) is 8.17. The third-order valence-corrected chi connectivity index (χ3v) is 4.39. The molecule has 1 aromatic rings. The van der Waals surface area contributed by atoms with Crippen LogP contribution in [0.3, 0.4) is 0 Å². The van der Waals surface area contributed by atoms with Crippen molar-refractivity contribution in [2.24, 2.45) is 0 Å². The van der Waals surface area contributed by atoms with E-state index in [2.05, 4.69) is 10.2 Å². The Hall–Kier alpha value is -1.59. The molecule has 0 unspecified atom stereocenters. The van der Waals surface area contributed by atoms with E-state index in [1.165, 1.54) is 19.3 Å². The van der Waals surface area contributed by atoms with Gasteiger partial charge in [0.15, 0.2) is 0 Å². The Kier molecular flexibility index (Phi) is 4.95. The topological polar surface area (TPSA) is 61.8 Å². The number of rotatable bonds is 5. The molecule has 0 bridgehead atoms. The molecule has 0 saturated carbocycles. The first kappa shape index (κ1) is 15.3. The summed E-state index contributed by atoms with van der Waals surface area (Å²) >= 11 is 0. The zero-order valence-corrected chi connectivity index (χ0v) is 12.9. The molecule has 5 nitrogen and oxygen atoms in total. The minimum absolute atomic E-state index is 0.0411. The molecular formula is C17H24N2O3. The minimum atomic E-state index is -0.494. The van der Waals surface area contributed by atoms with Crippen LogP contribution in [-0.4, -0.2) is 54.8 Å². The van der Waals surface area contributed by atoms with Crippen LogP contribution in [-0.2, 0) is 6.42 Å². The summed E-state index contributed by atoms with van der Waals surface area (Å²) in [4.78, 5) is 14.1. The second kappa shape index (κ2) is 7.11. The molecule has 0 aliphatic carbocycles. The van der Waals surface area contributed by atoms with E-state index < -0.39 is 6.10 Å². The van der Waals surface area contributed by atoms with Crippen LogP contribution < -0.4 is 10.1 Å². The highest BCUT2D eigenvalue weighted by Gasteiger charge is 2.21. The number of benzene rings is 1. The van der Waals surface area contributed by atoms with Crippen molar-refractivity contribution in [1.29, 1.82) is 0 Å². The van der Waals surface area contributed by atoms with E-state index in [0.717, 1.165) is 30.8 Å². The number of aliphatic hydroxyl groups is 1. The van der Waals surface area contributed by atoms with E-state index in [1.54, 1.807) is 0 Å². The molecule has 2 aliphatic rings. The highest BCUT2D eigenvalue weighted by atomic mass is 16.5. The smallest absolute Gasteiger partial charge is 0.251 e. The van der Waals surface area contributed by atoms with Crippen molar-refractivity contribution < 1.29 is 14.6 Å². The monoisotopic (exact) mass is 304 g/mol. The van der Waals surface area contributed by atoms with Gasteiger partial charge in [-0.1, -0.05) is 12.5 Å². The first-order valence-corrected chi connectivity index (χ1v) is 8.17. The van der Waals surface area contributed by atoms with Crippen molar-refractivity contribution in [3.05, 3.63) is 29.3 Å². The number of amides is 1. The first-order chi connectivity index (χ1) is 10.7. The number of carbonyl (C=O) groups excluding carboxylic acids is 1. The normalized spacial score (nSPS) is 20.1. The Morgan fingerprint density at radius 1 is 1.27 bits per heavy atom. The number of hydrogen-bond acceptors (Lipinski definition) is 4. The van der Waals surface area contributed by atoms with Gasteiger partial charge in [-0.15, -0.1) is 0 Å². The van der Waals surface area contributed by atoms with Gasteiger partial charge < -0.3 is 20.1 Å². The molecule has 5 heteroatoms. The van der Waals surface area contributed by atoms with Gasteiger partial charge in [-0.25, -0.2) is 0 Å². The van der Waals surface area contributed by atoms with Gasteiger partial charge in [-0.2, -0.15) is 0 Å². The van der Waals surface area contributed by atoms with Crippen molar-refractivity contribution in [2.75, 3.05) is 32.8 Å². The van der Waals surface area contributed by atoms with Crippen molar-refractivity contribution in [2.45, 2.75) is 31.8 Å². The lowest BCUT2D eigenvalue weighted by molar-refractivity contribution is 0.0613. The molecular weight excluding hydrogens is 280 g/mol. The highest BCUT2D eigenvalue weighted by molar-refractivity contribution is 5.97. The lowest BCUT2D eigenvalue weighted by atomic mass is 9.99. The second-order valence-electron chi connectivity index (χ2n) is 6.11. The average molecular weight is 304 g/mol. The molecule has 0 spiro atoms. The molecule has 2 N–H and O–H groups in total. The lowest BCUT2D eigenvalue weighted by Crippen LogP contribution is -2.38. The Morgan fingerprint density at radius 2 is 2.09 bits per heavy atom. The number of β-amino-alcohol motifs (C(OH)–C–C–N with tert-alkyl or cyclic N) is 1. The van der Waals surface area contributed by atoms with Crippen LogP contribution in [0.5, 0.6) is 5.75 Å². The summed E-state index contributed by atoms with van der Waals surface area (Å²) in [6.45, 7) is 3.71. The molecule has 0 aromatic heterocycles. The van der Waals surface area contributed by atoms with E-state index in [1.807, 2.05) is 18.2 Å². The number of nitrogens with one attached hydrogen (secondary N) is 1. The number of nitrogens with zero attached hydrogens (tertiary/aromatic N) is 1. The molecule has 1 amide bonds. The second-order valence-corrected chi connectivity index (χ2v) is 6.11. The van der Waals surface area contributed by atoms with Gasteiger partial charge in [0.25, 0.3) is 5.91 Å². The van der Waals surface area contributed by atoms with Crippen LogP contribution in [0, 0.1) is 0 Å². The fourth-order valence-electron chi connectivity index (χ4n) is 3.25. The predicted octanol–water partition coefficient (Wildman–Crippen LogP) is 1.20. The van der Waals surface area contributed by atoms with E-state index in [-0.39, 0.29) is 12.5 Å². The van der Waals surface area contributed by atoms with Crippen LogP contribution in [0.2, 0.25) is 0 Å². The zero-order chi connectivity index (χ0) is 15.4. The van der Waals surface area contributed by atoms with Crippen LogP contribution in [0.25, 0.3) is 0 Å². The number of ether oxygens (including phenoxy) is 1. The van der Waals surface area contributed by atoms with Gasteiger partial charge in [-0.05, 0) is 44.5 Å². The number of carbonyl (C=O) groups is 1. The maximum atomic E-state index is 11.8. The van der Waals surface area contributed by atoms with E-state index >= 15 is 0 Å². The fraction of sp³-hybridized carbons (Fsp3) is 0.588. The Labute approximate surface area is 131 Å². The predicted molar refractivity (Wildman–Crippen MR) is 84.3 cm³/mol. The van der Waals surface area contributed by atoms with E-state index in [9.17, 15) is 9.90 Å². The quantitative estimate of drug-likeness (QED) is 0.858. The van der Waals surface area contributed by atoms with Gasteiger partial charge in [0, 0.05) is 24.2 Å². The molecule has 1 aromatic carbocycles. The molecule has 2 heterocycles. The molecule has 22 heavy (non-hydrogen) atoms. The number of aliphatic hydroxyl groups excluding tert-OH is 1. The van der Waals surface area contributed by atoms with Crippen molar-refractivity contribution in [3.63, 3.8) is 0 Å². The number of fused-ring (bicyclic) bond motifs is 1. The standard InChI is InChI=1S/C17H24N2O3/c20-13(11-19-9-2-1-3-10-19)12-22-16-6-4-5-15-14(16)7-8-18-17(15)21/h4-6,13,20H,1-3,7-12H2,(H,18,21)/t13-/m1/s1. The maximum Gasteiger partial charge on any atom is 0.251 e. The molecule has 1 atom stereocenters. The minimum Gasteiger partial charge on any atom is -0.491 e. The van der Waals surface area contributed by atoms with Crippen LogP contribution in [0.15, 0.2) is 18.2 Å². The maximum absolute atomic E-state index is 11.8. The molecule has 1 saturated heterocycles. The number of likely N-dealkylation sites (tertiary alicyclic amines) is 1. The zero-order valence-electron chi connectivity index (χ0n) is 12.9. The highest BCUT2D eigenvalue weighted by Crippen LogP contribution is 2.25. The molecule has 1 fully saturated rings.